The van der Waals surface area contributed by atoms with Crippen molar-refractivity contribution in [2.75, 3.05) is 0 Å². The molecule has 0 aliphatic heterocycles. The molecule has 0 saturated carbocycles. The van der Waals surface area contributed by atoms with Crippen molar-refractivity contribution in [2.24, 2.45) is 0 Å². The van der Waals surface area contributed by atoms with Gasteiger partial charge in [0.25, 0.3) is 0 Å². The van der Waals surface area contributed by atoms with E-state index in [0.29, 0.717) is 5.69 Å². The van der Waals surface area contributed by atoms with Gasteiger partial charge in [0.2, 0.25) is 0 Å². The van der Waals surface area contributed by atoms with Crippen LogP contribution >= 0.6 is 0 Å². The third-order valence-corrected chi connectivity index (χ3v) is 1.60. The summed E-state index contributed by atoms with van der Waals surface area (Å²) in [6, 6.07) is 4.93. The predicted molar refractivity (Wildman–Crippen MR) is 48.4 cm³/mol. The first-order chi connectivity index (χ1) is 6.39. The molecule has 1 aromatic rings. The van der Waals surface area contributed by atoms with E-state index in [1.165, 1.54) is 12.1 Å². The Morgan fingerprint density at radius 3 is 1.93 bits per heavy atom. The first-order valence-corrected chi connectivity index (χ1v) is 4.27. The minimum atomic E-state index is -4.27. The summed E-state index contributed by atoms with van der Waals surface area (Å²) in [6.45, 7) is 3.75. The molecular weight excluding hydrogens is 191 g/mol. The second kappa shape index (κ2) is 3.90. The monoisotopic (exact) mass is 202 g/mol. The Hall–Kier alpha value is -1.19. The highest BCUT2D eigenvalue weighted by Crippen LogP contribution is 2.29. The maximum atomic E-state index is 12.2. The van der Waals surface area contributed by atoms with Crippen molar-refractivity contribution >= 4 is 5.69 Å². The average molecular weight is 202 g/mol. The lowest BCUT2D eigenvalue weighted by atomic mass is 10.2. The van der Waals surface area contributed by atoms with Crippen LogP contribution in [-0.4, -0.2) is 6.04 Å². The van der Waals surface area contributed by atoms with Crippen molar-refractivity contribution < 1.29 is 13.2 Å². The second-order valence-corrected chi connectivity index (χ2v) is 3.27. The van der Waals surface area contributed by atoms with E-state index in [0.717, 1.165) is 12.1 Å². The minimum absolute atomic E-state index is 0.0896. The number of alkyl halides is 3. The van der Waals surface area contributed by atoms with Crippen LogP contribution < -0.4 is 5.32 Å². The lowest BCUT2D eigenvalue weighted by molar-refractivity contribution is -0.137. The van der Waals surface area contributed by atoms with E-state index in [9.17, 15) is 13.2 Å². The molecule has 0 aliphatic carbocycles. The van der Waals surface area contributed by atoms with Gasteiger partial charge in [0.05, 0.1) is 11.3 Å². The largest absolute Gasteiger partial charge is 0.416 e. The molecule has 4 heteroatoms. The van der Waals surface area contributed by atoms with E-state index in [1.807, 2.05) is 13.8 Å². The van der Waals surface area contributed by atoms with Gasteiger partial charge in [-0.1, -0.05) is 0 Å². The lowest BCUT2D eigenvalue weighted by Crippen LogP contribution is -2.09. The van der Waals surface area contributed by atoms with Crippen LogP contribution in [0.4, 0.5) is 18.9 Å². The summed E-state index contributed by atoms with van der Waals surface area (Å²) in [7, 11) is 0. The van der Waals surface area contributed by atoms with Gasteiger partial charge >= 0.3 is 6.18 Å². The van der Waals surface area contributed by atoms with Crippen LogP contribution in [0, 0.1) is 0 Å². The molecule has 0 unspecified atom stereocenters. The summed E-state index contributed by atoms with van der Waals surface area (Å²) in [6.07, 6.45) is -4.27. The maximum absolute atomic E-state index is 12.2. The minimum Gasteiger partial charge on any atom is -0.283 e. The summed E-state index contributed by atoms with van der Waals surface area (Å²) >= 11 is 0. The highest BCUT2D eigenvalue weighted by Gasteiger charge is 2.29. The van der Waals surface area contributed by atoms with Crippen molar-refractivity contribution in [3.05, 3.63) is 29.8 Å². The van der Waals surface area contributed by atoms with E-state index < -0.39 is 11.7 Å². The molecule has 0 fully saturated rings. The predicted octanol–water partition coefficient (Wildman–Crippen LogP) is 3.35. The van der Waals surface area contributed by atoms with Crippen molar-refractivity contribution in [3.63, 3.8) is 0 Å². The molecule has 0 amide bonds. The second-order valence-electron chi connectivity index (χ2n) is 3.27. The Morgan fingerprint density at radius 2 is 1.57 bits per heavy atom. The van der Waals surface area contributed by atoms with Gasteiger partial charge in [0, 0.05) is 6.04 Å². The molecule has 14 heavy (non-hydrogen) atoms. The van der Waals surface area contributed by atoms with Gasteiger partial charge in [-0.25, -0.2) is 0 Å². The zero-order valence-electron chi connectivity index (χ0n) is 7.97. The molecule has 1 rings (SSSR count). The molecule has 0 atom stereocenters. The number of halogens is 3. The summed E-state index contributed by atoms with van der Waals surface area (Å²) in [4.78, 5) is 0. The Labute approximate surface area is 80.9 Å². The summed E-state index contributed by atoms with van der Waals surface area (Å²) in [5.41, 5.74) is -0.0618. The van der Waals surface area contributed by atoms with Crippen LogP contribution in [0.15, 0.2) is 24.3 Å². The van der Waals surface area contributed by atoms with Gasteiger partial charge in [0.15, 0.2) is 0 Å². The van der Waals surface area contributed by atoms with Gasteiger partial charge in [-0.3, -0.25) is 5.32 Å². The van der Waals surface area contributed by atoms with Gasteiger partial charge < -0.3 is 0 Å². The first-order valence-electron chi connectivity index (χ1n) is 4.27. The SMILES string of the molecule is CC(C)[N]c1ccc(C(F)(F)F)cc1. The Morgan fingerprint density at radius 1 is 1.07 bits per heavy atom. The summed E-state index contributed by atoms with van der Waals surface area (Å²) in [5.74, 6) is 0. The normalized spacial score (nSPS) is 11.9. The van der Waals surface area contributed by atoms with Crippen LogP contribution in [0.2, 0.25) is 0 Å². The van der Waals surface area contributed by atoms with Crippen LogP contribution in [-0.2, 0) is 6.18 Å². The highest BCUT2D eigenvalue weighted by atomic mass is 19.4. The molecular formula is C10H11F3N. The van der Waals surface area contributed by atoms with E-state index in [1.54, 1.807) is 0 Å². The van der Waals surface area contributed by atoms with Gasteiger partial charge in [-0.15, -0.1) is 0 Å². The van der Waals surface area contributed by atoms with Crippen molar-refractivity contribution in [1.29, 1.82) is 0 Å². The van der Waals surface area contributed by atoms with Crippen LogP contribution in [0.5, 0.6) is 0 Å². The van der Waals surface area contributed by atoms with E-state index in [4.69, 9.17) is 0 Å². The summed E-state index contributed by atoms with van der Waals surface area (Å²) in [5, 5.41) is 4.12. The fourth-order valence-corrected chi connectivity index (χ4v) is 1.03. The molecule has 0 spiro atoms. The molecule has 0 heterocycles. The maximum Gasteiger partial charge on any atom is 0.416 e. The Balaban J connectivity index is 2.79. The smallest absolute Gasteiger partial charge is 0.283 e. The van der Waals surface area contributed by atoms with Crippen LogP contribution in [0.3, 0.4) is 0 Å². The molecule has 0 N–H and O–H groups in total. The fourth-order valence-electron chi connectivity index (χ4n) is 1.03. The number of hydrogen-bond donors (Lipinski definition) is 0. The van der Waals surface area contributed by atoms with Gasteiger partial charge in [-0.2, -0.15) is 13.2 Å². The van der Waals surface area contributed by atoms with E-state index in [-0.39, 0.29) is 6.04 Å². The molecule has 0 bridgehead atoms. The van der Waals surface area contributed by atoms with Crippen molar-refractivity contribution in [3.8, 4) is 0 Å². The van der Waals surface area contributed by atoms with E-state index >= 15 is 0 Å². The average Bonchev–Trinajstić information content (AvgIpc) is 2.02. The number of hydrogen-bond acceptors (Lipinski definition) is 0. The standard InChI is InChI=1S/C10H11F3N/c1-7(2)14-9-5-3-8(4-6-9)10(11,12)13/h3-7H,1-2H3. The molecule has 1 nitrogen and oxygen atoms in total. The molecule has 77 valence electrons. The highest BCUT2D eigenvalue weighted by molar-refractivity contribution is 5.38. The zero-order chi connectivity index (χ0) is 10.8. The molecule has 1 radical (unpaired) electrons. The third-order valence-electron chi connectivity index (χ3n) is 1.60. The Kier molecular flexibility index (Phi) is 3.03. The molecule has 1 aromatic carbocycles. The first kappa shape index (κ1) is 10.9. The molecule has 0 aromatic heterocycles. The number of nitrogens with zero attached hydrogens (tertiary/aromatic N) is 1. The molecule has 0 aliphatic rings. The molecule has 0 saturated heterocycles. The quantitative estimate of drug-likeness (QED) is 0.698. The number of rotatable bonds is 2. The van der Waals surface area contributed by atoms with Crippen molar-refractivity contribution in [1.82, 2.24) is 5.32 Å². The fraction of sp³-hybridized carbons (Fsp3) is 0.400. The third kappa shape index (κ3) is 2.94. The topological polar surface area (TPSA) is 14.1 Å². The lowest BCUT2D eigenvalue weighted by Gasteiger charge is -2.09. The van der Waals surface area contributed by atoms with Crippen LogP contribution in [0.25, 0.3) is 0 Å². The van der Waals surface area contributed by atoms with Gasteiger partial charge in [0.1, 0.15) is 0 Å². The summed E-state index contributed by atoms with van der Waals surface area (Å²) < 4.78 is 36.5. The number of benzene rings is 1. The zero-order valence-corrected chi connectivity index (χ0v) is 7.97. The van der Waals surface area contributed by atoms with Gasteiger partial charge in [-0.05, 0) is 38.1 Å². The van der Waals surface area contributed by atoms with Crippen LogP contribution in [0.1, 0.15) is 19.4 Å². The van der Waals surface area contributed by atoms with E-state index in [2.05, 4.69) is 5.32 Å². The Bertz CT molecular complexity index is 287. The van der Waals surface area contributed by atoms with Crippen molar-refractivity contribution in [2.45, 2.75) is 26.1 Å².